The van der Waals surface area contributed by atoms with Crippen LogP contribution in [0.25, 0.3) is 10.8 Å². The van der Waals surface area contributed by atoms with Crippen molar-refractivity contribution in [2.45, 2.75) is 12.3 Å². The Kier molecular flexibility index (Phi) is 9.78. The molecule has 0 spiro atoms. The van der Waals surface area contributed by atoms with Gasteiger partial charge in [-0.1, -0.05) is 66.7 Å². The van der Waals surface area contributed by atoms with Gasteiger partial charge in [0.1, 0.15) is 5.92 Å². The first-order chi connectivity index (χ1) is 20.0. The van der Waals surface area contributed by atoms with Crippen molar-refractivity contribution in [3.05, 3.63) is 126 Å². The van der Waals surface area contributed by atoms with Crippen molar-refractivity contribution < 1.29 is 28.8 Å². The minimum atomic E-state index is -0.822. The maximum absolute atomic E-state index is 11.3. The van der Waals surface area contributed by atoms with Gasteiger partial charge in [0, 0.05) is 18.0 Å². The van der Waals surface area contributed by atoms with Gasteiger partial charge in [-0.3, -0.25) is 9.78 Å². The summed E-state index contributed by atoms with van der Waals surface area (Å²) < 4.78 is 21.5. The molecule has 0 unspecified atom stereocenters. The predicted molar refractivity (Wildman–Crippen MR) is 160 cm³/mol. The molecule has 5 rings (SSSR count). The predicted octanol–water partition coefficient (Wildman–Crippen LogP) is 6.76. The van der Waals surface area contributed by atoms with Crippen LogP contribution in [-0.2, 0) is 11.2 Å². The smallest absolute Gasteiger partial charge is 0.315 e. The third-order valence-corrected chi connectivity index (χ3v) is 6.68. The molecule has 0 bridgehead atoms. The van der Waals surface area contributed by atoms with Gasteiger partial charge in [0.05, 0.1) is 34.1 Å². The van der Waals surface area contributed by atoms with E-state index in [0.717, 1.165) is 33.2 Å². The number of nitrogens with zero attached hydrogens (tertiary/aromatic N) is 1. The first-order valence-corrected chi connectivity index (χ1v) is 13.0. The van der Waals surface area contributed by atoms with E-state index in [9.17, 15) is 9.90 Å². The fourth-order valence-corrected chi connectivity index (χ4v) is 4.65. The number of pyridine rings is 1. The summed E-state index contributed by atoms with van der Waals surface area (Å²) >= 11 is 0. The molecule has 41 heavy (non-hydrogen) atoms. The largest absolute Gasteiger partial charge is 0.493 e. The summed E-state index contributed by atoms with van der Waals surface area (Å²) in [5.74, 6) is 1.41. The van der Waals surface area contributed by atoms with Crippen LogP contribution >= 0.6 is 0 Å². The van der Waals surface area contributed by atoms with Crippen molar-refractivity contribution >= 4 is 16.7 Å². The van der Waals surface area contributed by atoms with Gasteiger partial charge in [-0.05, 0) is 52.4 Å². The van der Waals surface area contributed by atoms with Crippen molar-refractivity contribution in [2.24, 2.45) is 0 Å². The first kappa shape index (κ1) is 29.0. The lowest BCUT2D eigenvalue weighted by atomic mass is 9.92. The number of aliphatic carboxylic acids is 1. The maximum Gasteiger partial charge on any atom is 0.315 e. The number of ether oxygens (including phenoxy) is 4. The van der Waals surface area contributed by atoms with Gasteiger partial charge in [-0.2, -0.15) is 0 Å². The molecule has 210 valence electrons. The lowest BCUT2D eigenvalue weighted by molar-refractivity contribution is -0.137. The van der Waals surface area contributed by atoms with Crippen LogP contribution in [0.3, 0.4) is 0 Å². The monoisotopic (exact) mass is 551 g/mol. The Labute approximate surface area is 239 Å². The summed E-state index contributed by atoms with van der Waals surface area (Å²) in [6, 6.07) is 30.3. The van der Waals surface area contributed by atoms with E-state index in [1.54, 1.807) is 28.4 Å². The second-order valence-electron chi connectivity index (χ2n) is 9.14. The van der Waals surface area contributed by atoms with Crippen molar-refractivity contribution in [1.29, 1.82) is 0 Å². The number of hydrogen-bond acceptors (Lipinski definition) is 6. The van der Waals surface area contributed by atoms with Crippen LogP contribution in [0, 0.1) is 0 Å². The Bertz CT molecular complexity index is 1550. The number of carboxylic acids is 1. The normalized spacial score (nSPS) is 10.5. The number of carbonyl (C=O) groups is 1. The van der Waals surface area contributed by atoms with Crippen LogP contribution in [0.4, 0.5) is 0 Å². The van der Waals surface area contributed by atoms with E-state index in [4.69, 9.17) is 18.9 Å². The van der Waals surface area contributed by atoms with Crippen molar-refractivity contribution in [1.82, 2.24) is 4.98 Å². The van der Waals surface area contributed by atoms with Crippen LogP contribution in [-0.4, -0.2) is 44.5 Å². The van der Waals surface area contributed by atoms with Crippen LogP contribution < -0.4 is 18.9 Å². The standard InChI is InChI=1S/C20H21NO4.C14H12O2/c1-22-17-6-5-13(10-18(17)23-2)9-16-15-12-20(25-4)19(24-3)11-14(15)7-8-21-16;15-14(16)13(11-7-3-1-4-8-11)12-9-5-2-6-10-12/h5-8,10-12H,9H2,1-4H3;1-10,13H,(H,15,16). The number of benzene rings is 4. The van der Waals surface area contributed by atoms with Crippen molar-refractivity contribution in [3.8, 4) is 23.0 Å². The Morgan fingerprint density at radius 1 is 0.683 bits per heavy atom. The molecule has 0 atom stereocenters. The van der Waals surface area contributed by atoms with Gasteiger partial charge >= 0.3 is 5.97 Å². The van der Waals surface area contributed by atoms with Gasteiger partial charge < -0.3 is 24.1 Å². The van der Waals surface area contributed by atoms with E-state index in [2.05, 4.69) is 4.98 Å². The summed E-state index contributed by atoms with van der Waals surface area (Å²) in [7, 11) is 6.53. The summed E-state index contributed by atoms with van der Waals surface area (Å²) in [6.45, 7) is 0. The summed E-state index contributed by atoms with van der Waals surface area (Å²) in [5, 5.41) is 11.4. The zero-order valence-electron chi connectivity index (χ0n) is 23.5. The molecule has 0 radical (unpaired) electrons. The SMILES string of the molecule is COc1ccc(Cc2nccc3cc(OC)c(OC)cc23)cc1OC.O=C(O)C(c1ccccc1)c1ccccc1. The number of hydrogen-bond donors (Lipinski definition) is 1. The molecule has 1 aromatic heterocycles. The highest BCUT2D eigenvalue weighted by atomic mass is 16.5. The first-order valence-electron chi connectivity index (χ1n) is 13.0. The van der Waals surface area contributed by atoms with Gasteiger partial charge in [-0.25, -0.2) is 0 Å². The van der Waals surface area contributed by atoms with Crippen LogP contribution in [0.15, 0.2) is 103 Å². The molecule has 0 fully saturated rings. The van der Waals surface area contributed by atoms with Crippen molar-refractivity contribution in [2.75, 3.05) is 28.4 Å². The quantitative estimate of drug-likeness (QED) is 0.216. The zero-order chi connectivity index (χ0) is 29.2. The molecular formula is C34H33NO6. The van der Waals surface area contributed by atoms with E-state index >= 15 is 0 Å². The Morgan fingerprint density at radius 3 is 1.76 bits per heavy atom. The molecule has 1 heterocycles. The highest BCUT2D eigenvalue weighted by Gasteiger charge is 2.21. The highest BCUT2D eigenvalue weighted by Crippen LogP contribution is 2.34. The Hall–Kier alpha value is -5.04. The van der Waals surface area contributed by atoms with E-state index < -0.39 is 11.9 Å². The number of carboxylic acid groups (broad SMARTS) is 1. The lowest BCUT2D eigenvalue weighted by Gasteiger charge is -2.12. The van der Waals surface area contributed by atoms with Crippen molar-refractivity contribution in [3.63, 3.8) is 0 Å². The van der Waals surface area contributed by atoms with Crippen LogP contribution in [0.5, 0.6) is 23.0 Å². The number of fused-ring (bicyclic) bond motifs is 1. The summed E-state index contributed by atoms with van der Waals surface area (Å²) in [5.41, 5.74) is 3.67. The second kappa shape index (κ2) is 13.8. The number of methoxy groups -OCH3 is 4. The minimum absolute atomic E-state index is 0.581. The molecule has 0 saturated heterocycles. The minimum Gasteiger partial charge on any atom is -0.493 e. The molecular weight excluding hydrogens is 518 g/mol. The average Bonchev–Trinajstić information content (AvgIpc) is 3.01. The molecule has 0 aliphatic carbocycles. The van der Waals surface area contributed by atoms with E-state index in [1.807, 2.05) is 103 Å². The van der Waals surface area contributed by atoms with Gasteiger partial charge in [0.25, 0.3) is 0 Å². The molecule has 7 heteroatoms. The van der Waals surface area contributed by atoms with Crippen LogP contribution in [0.1, 0.15) is 28.3 Å². The molecule has 0 amide bonds. The Balaban J connectivity index is 0.000000208. The van der Waals surface area contributed by atoms with E-state index in [1.165, 1.54) is 0 Å². The summed E-state index contributed by atoms with van der Waals surface area (Å²) in [6.07, 6.45) is 2.48. The number of rotatable bonds is 9. The lowest BCUT2D eigenvalue weighted by Crippen LogP contribution is -2.12. The molecule has 1 N–H and O–H groups in total. The molecule has 0 aliphatic heterocycles. The third kappa shape index (κ3) is 6.94. The molecule has 0 saturated carbocycles. The zero-order valence-corrected chi connectivity index (χ0v) is 23.5. The maximum atomic E-state index is 11.3. The fourth-order valence-electron chi connectivity index (χ4n) is 4.65. The highest BCUT2D eigenvalue weighted by molar-refractivity contribution is 5.88. The van der Waals surface area contributed by atoms with Gasteiger partial charge in [0.15, 0.2) is 23.0 Å². The average molecular weight is 552 g/mol. The number of aromatic nitrogens is 1. The molecule has 5 aromatic rings. The molecule has 0 aliphatic rings. The van der Waals surface area contributed by atoms with Gasteiger partial charge in [-0.15, -0.1) is 0 Å². The third-order valence-electron chi connectivity index (χ3n) is 6.68. The molecule has 4 aromatic carbocycles. The van der Waals surface area contributed by atoms with Crippen LogP contribution in [0.2, 0.25) is 0 Å². The topological polar surface area (TPSA) is 87.1 Å². The fraction of sp³-hybridized carbons (Fsp3) is 0.176. The van der Waals surface area contributed by atoms with E-state index in [0.29, 0.717) is 29.4 Å². The van der Waals surface area contributed by atoms with Gasteiger partial charge in [0.2, 0.25) is 0 Å². The molecule has 7 nitrogen and oxygen atoms in total. The Morgan fingerprint density at radius 2 is 1.22 bits per heavy atom. The second-order valence-corrected chi connectivity index (χ2v) is 9.14. The summed E-state index contributed by atoms with van der Waals surface area (Å²) in [4.78, 5) is 15.9. The van der Waals surface area contributed by atoms with E-state index in [-0.39, 0.29) is 0 Å².